The lowest BCUT2D eigenvalue weighted by molar-refractivity contribution is -0.131. The normalized spacial score (nSPS) is 11.3. The number of aromatic hydroxyl groups is 1. The van der Waals surface area contributed by atoms with Crippen molar-refractivity contribution in [1.82, 2.24) is 0 Å². The summed E-state index contributed by atoms with van der Waals surface area (Å²) in [4.78, 5) is 23.2. The Morgan fingerprint density at radius 2 is 1.93 bits per heavy atom. The second kappa shape index (κ2) is 9.07. The monoisotopic (exact) mass is 372 g/mol. The summed E-state index contributed by atoms with van der Waals surface area (Å²) in [7, 11) is 0. The SMILES string of the molecule is CC(=O)Oc1cccc2c(OC/C=C(\C)CCC=C(C)C)c(O)c(=O)oc12. The third-order valence-electron chi connectivity index (χ3n) is 3.83. The van der Waals surface area contributed by atoms with Crippen LogP contribution in [0.2, 0.25) is 0 Å². The van der Waals surface area contributed by atoms with Crippen molar-refractivity contribution in [2.75, 3.05) is 6.61 Å². The van der Waals surface area contributed by atoms with Crippen LogP contribution in [0.1, 0.15) is 40.5 Å². The summed E-state index contributed by atoms with van der Waals surface area (Å²) in [6, 6.07) is 4.74. The first kappa shape index (κ1) is 20.3. The predicted octanol–water partition coefficient (Wildman–Crippen LogP) is 4.50. The van der Waals surface area contributed by atoms with E-state index in [1.54, 1.807) is 12.1 Å². The third-order valence-corrected chi connectivity index (χ3v) is 3.83. The Balaban J connectivity index is 2.27. The Labute approximate surface area is 157 Å². The average Bonchev–Trinajstić information content (AvgIpc) is 2.58. The number of ether oxygens (including phenoxy) is 2. The van der Waals surface area contributed by atoms with Crippen molar-refractivity contribution in [2.45, 2.75) is 40.5 Å². The van der Waals surface area contributed by atoms with Crippen LogP contribution in [0.15, 0.2) is 50.7 Å². The number of benzene rings is 1. The van der Waals surface area contributed by atoms with E-state index < -0.39 is 17.3 Å². The van der Waals surface area contributed by atoms with Gasteiger partial charge in [0.2, 0.25) is 5.75 Å². The van der Waals surface area contributed by atoms with E-state index in [4.69, 9.17) is 13.9 Å². The fourth-order valence-electron chi connectivity index (χ4n) is 2.50. The second-order valence-electron chi connectivity index (χ2n) is 6.48. The molecule has 0 radical (unpaired) electrons. The van der Waals surface area contributed by atoms with Crippen LogP contribution in [0.25, 0.3) is 11.0 Å². The van der Waals surface area contributed by atoms with Gasteiger partial charge in [0.25, 0.3) is 0 Å². The molecule has 1 aromatic heterocycles. The van der Waals surface area contributed by atoms with Gasteiger partial charge >= 0.3 is 11.6 Å². The lowest BCUT2D eigenvalue weighted by Gasteiger charge is -2.11. The summed E-state index contributed by atoms with van der Waals surface area (Å²) in [6.07, 6.45) is 5.90. The Morgan fingerprint density at radius 1 is 1.19 bits per heavy atom. The van der Waals surface area contributed by atoms with E-state index in [1.807, 2.05) is 13.0 Å². The van der Waals surface area contributed by atoms with Crippen LogP contribution in [0.5, 0.6) is 17.2 Å². The first-order valence-electron chi connectivity index (χ1n) is 8.68. The molecule has 0 amide bonds. The molecule has 6 heteroatoms. The zero-order valence-corrected chi connectivity index (χ0v) is 16.0. The molecule has 1 heterocycles. The number of fused-ring (bicyclic) bond motifs is 1. The van der Waals surface area contributed by atoms with Crippen molar-refractivity contribution in [3.05, 3.63) is 51.9 Å². The van der Waals surface area contributed by atoms with Crippen LogP contribution in [0, 0.1) is 0 Å². The van der Waals surface area contributed by atoms with Crippen LogP contribution in [-0.4, -0.2) is 17.7 Å². The Bertz CT molecular complexity index is 945. The fourth-order valence-corrected chi connectivity index (χ4v) is 2.50. The zero-order valence-electron chi connectivity index (χ0n) is 16.0. The van der Waals surface area contributed by atoms with Crippen molar-refractivity contribution < 1.29 is 23.8 Å². The van der Waals surface area contributed by atoms with E-state index in [9.17, 15) is 14.7 Å². The topological polar surface area (TPSA) is 86.0 Å². The molecule has 0 aliphatic carbocycles. The van der Waals surface area contributed by atoms with Crippen molar-refractivity contribution in [3.63, 3.8) is 0 Å². The van der Waals surface area contributed by atoms with Crippen LogP contribution < -0.4 is 15.1 Å². The highest BCUT2D eigenvalue weighted by Gasteiger charge is 2.18. The van der Waals surface area contributed by atoms with Crippen molar-refractivity contribution >= 4 is 16.9 Å². The summed E-state index contributed by atoms with van der Waals surface area (Å²) >= 11 is 0. The molecule has 144 valence electrons. The van der Waals surface area contributed by atoms with Gasteiger partial charge in [0, 0.05) is 6.92 Å². The quantitative estimate of drug-likeness (QED) is 0.333. The van der Waals surface area contributed by atoms with E-state index in [0.717, 1.165) is 18.4 Å². The molecule has 6 nitrogen and oxygen atoms in total. The van der Waals surface area contributed by atoms with Gasteiger partial charge in [-0.2, -0.15) is 0 Å². The number of hydrogen-bond donors (Lipinski definition) is 1. The third kappa shape index (κ3) is 5.48. The molecule has 0 aliphatic rings. The molecule has 1 aromatic carbocycles. The Kier molecular flexibility index (Phi) is 6.82. The first-order valence-corrected chi connectivity index (χ1v) is 8.68. The predicted molar refractivity (Wildman–Crippen MR) is 103 cm³/mol. The highest BCUT2D eigenvalue weighted by atomic mass is 16.5. The molecule has 0 saturated heterocycles. The number of rotatable bonds is 7. The Hall–Kier alpha value is -3.02. The molecule has 0 aliphatic heterocycles. The van der Waals surface area contributed by atoms with E-state index in [2.05, 4.69) is 19.9 Å². The maximum atomic E-state index is 11.9. The van der Waals surface area contributed by atoms with E-state index in [0.29, 0.717) is 5.39 Å². The van der Waals surface area contributed by atoms with Gasteiger partial charge in [0.05, 0.1) is 5.39 Å². The molecule has 0 spiro atoms. The van der Waals surface area contributed by atoms with Gasteiger partial charge in [-0.3, -0.25) is 4.79 Å². The number of esters is 1. The highest BCUT2D eigenvalue weighted by Crippen LogP contribution is 2.36. The van der Waals surface area contributed by atoms with Gasteiger partial charge < -0.3 is 19.0 Å². The molecule has 0 bridgehead atoms. The highest BCUT2D eigenvalue weighted by molar-refractivity contribution is 5.91. The van der Waals surface area contributed by atoms with E-state index in [1.165, 1.54) is 18.6 Å². The smallest absolute Gasteiger partial charge is 0.382 e. The van der Waals surface area contributed by atoms with Gasteiger partial charge in [-0.15, -0.1) is 0 Å². The number of para-hydroxylation sites is 1. The largest absolute Gasteiger partial charge is 0.499 e. The van der Waals surface area contributed by atoms with Gasteiger partial charge in [-0.1, -0.05) is 23.3 Å². The lowest BCUT2D eigenvalue weighted by atomic mass is 10.1. The molecule has 1 N–H and O–H groups in total. The minimum atomic E-state index is -0.957. The standard InChI is InChI=1S/C21H24O6/c1-13(2)7-5-8-14(3)11-12-25-20-16-9-6-10-17(26-15(4)22)19(16)27-21(24)18(20)23/h6-7,9-11,23H,5,8,12H2,1-4H3/b14-11+. The van der Waals surface area contributed by atoms with Crippen LogP contribution in [-0.2, 0) is 4.79 Å². The Morgan fingerprint density at radius 3 is 2.59 bits per heavy atom. The van der Waals surface area contributed by atoms with Crippen molar-refractivity contribution in [1.29, 1.82) is 0 Å². The molecule has 27 heavy (non-hydrogen) atoms. The van der Waals surface area contributed by atoms with Gasteiger partial charge in [-0.25, -0.2) is 4.79 Å². The minimum absolute atomic E-state index is 0.00333. The van der Waals surface area contributed by atoms with Crippen LogP contribution in [0.4, 0.5) is 0 Å². The van der Waals surface area contributed by atoms with Gasteiger partial charge in [0.1, 0.15) is 6.61 Å². The molecule has 0 atom stereocenters. The van der Waals surface area contributed by atoms with E-state index >= 15 is 0 Å². The van der Waals surface area contributed by atoms with Crippen LogP contribution in [0.3, 0.4) is 0 Å². The molecular weight excluding hydrogens is 348 g/mol. The maximum absolute atomic E-state index is 11.9. The molecule has 2 aromatic rings. The number of carbonyl (C=O) groups is 1. The number of allylic oxidation sites excluding steroid dienone is 3. The minimum Gasteiger partial charge on any atom is -0.499 e. The lowest BCUT2D eigenvalue weighted by Crippen LogP contribution is -2.06. The van der Waals surface area contributed by atoms with Gasteiger partial charge in [0.15, 0.2) is 17.1 Å². The molecule has 2 rings (SSSR count). The summed E-state index contributed by atoms with van der Waals surface area (Å²) in [6.45, 7) is 7.54. The van der Waals surface area contributed by atoms with E-state index in [-0.39, 0.29) is 23.7 Å². The number of hydrogen-bond acceptors (Lipinski definition) is 6. The second-order valence-corrected chi connectivity index (χ2v) is 6.48. The average molecular weight is 372 g/mol. The molecular formula is C21H24O6. The summed E-state index contributed by atoms with van der Waals surface area (Å²) < 4.78 is 15.8. The van der Waals surface area contributed by atoms with Crippen LogP contribution >= 0.6 is 0 Å². The summed E-state index contributed by atoms with van der Waals surface area (Å²) in [5.74, 6) is -1.06. The molecule has 0 fully saturated rings. The maximum Gasteiger partial charge on any atom is 0.382 e. The molecule has 0 unspecified atom stereocenters. The van der Waals surface area contributed by atoms with Crippen molar-refractivity contribution in [2.24, 2.45) is 0 Å². The van der Waals surface area contributed by atoms with Crippen molar-refractivity contribution in [3.8, 4) is 17.2 Å². The molecule has 0 saturated carbocycles. The van der Waals surface area contributed by atoms with Gasteiger partial charge in [-0.05, 0) is 51.8 Å². The first-order chi connectivity index (χ1) is 12.8. The summed E-state index contributed by atoms with van der Waals surface area (Å²) in [5, 5.41) is 10.4. The zero-order chi connectivity index (χ0) is 20.0. The summed E-state index contributed by atoms with van der Waals surface area (Å²) in [5.41, 5.74) is 1.51. The fraction of sp³-hybridized carbons (Fsp3) is 0.333. The number of carbonyl (C=O) groups excluding carboxylic acids is 1.